The Labute approximate surface area is 67.4 Å². The van der Waals surface area contributed by atoms with Crippen LogP contribution in [0, 0.1) is 5.41 Å². The first-order valence-electron chi connectivity index (χ1n) is 2.14. The zero-order chi connectivity index (χ0) is 5.21. The maximum atomic E-state index is 9.95. The van der Waals surface area contributed by atoms with Crippen molar-refractivity contribution in [1.82, 2.24) is 0 Å². The molecular weight excluding hydrogens is 99.0 g/mol. The Hall–Kier alpha value is 0.960. The van der Waals surface area contributed by atoms with Crippen molar-refractivity contribution >= 4 is 0 Å². The third kappa shape index (κ3) is 10.9. The van der Waals surface area contributed by atoms with E-state index in [2.05, 4.69) is 0 Å². The normalized spacial score (nSPS) is 10.3. The average Bonchev–Trinajstić information content (AvgIpc) is 1.35. The van der Waals surface area contributed by atoms with E-state index in [1.807, 2.05) is 20.8 Å². The van der Waals surface area contributed by atoms with Crippen LogP contribution in [0.2, 0.25) is 0 Å². The van der Waals surface area contributed by atoms with Crippen LogP contribution in [0.3, 0.4) is 0 Å². The topological polar surface area (TPSA) is 23.1 Å². The molecule has 7 heavy (non-hydrogen) atoms. The second kappa shape index (κ2) is 3.90. The molecule has 0 rings (SSSR count). The molecule has 0 aliphatic heterocycles. The first kappa shape index (κ1) is 10.9. The molecule has 0 unspecified atom stereocenters. The van der Waals surface area contributed by atoms with Gasteiger partial charge in [-0.05, 0) is 0 Å². The van der Waals surface area contributed by atoms with Gasteiger partial charge in [-0.25, -0.2) is 0 Å². The summed E-state index contributed by atoms with van der Waals surface area (Å²) in [6.07, 6.45) is 0. The summed E-state index contributed by atoms with van der Waals surface area (Å²) in [4.78, 5) is 0. The van der Waals surface area contributed by atoms with Crippen LogP contribution in [-0.2, 0) is 0 Å². The van der Waals surface area contributed by atoms with Gasteiger partial charge in [0.2, 0.25) is 0 Å². The van der Waals surface area contributed by atoms with E-state index in [0.717, 1.165) is 0 Å². The van der Waals surface area contributed by atoms with Crippen molar-refractivity contribution in [3.05, 3.63) is 0 Å². The fourth-order valence-corrected chi connectivity index (χ4v) is 0. The molecule has 1 nitrogen and oxygen atoms in total. The molecule has 0 spiro atoms. The van der Waals surface area contributed by atoms with Crippen molar-refractivity contribution in [2.75, 3.05) is 6.61 Å². The molecule has 0 atom stereocenters. The van der Waals surface area contributed by atoms with E-state index in [1.165, 1.54) is 0 Å². The molecule has 0 aromatic rings. The average molecular weight is 110 g/mol. The van der Waals surface area contributed by atoms with Crippen LogP contribution in [-0.4, -0.2) is 6.61 Å². The summed E-state index contributed by atoms with van der Waals surface area (Å²) in [6.45, 7) is 5.81. The number of rotatable bonds is 0. The quantitative estimate of drug-likeness (QED) is 0.313. The molecule has 0 aromatic carbocycles. The zero-order valence-corrected chi connectivity index (χ0v) is 7.62. The van der Waals surface area contributed by atoms with E-state index in [0.29, 0.717) is 0 Å². The van der Waals surface area contributed by atoms with Crippen LogP contribution in [0.25, 0.3) is 0 Å². The van der Waals surface area contributed by atoms with Gasteiger partial charge in [-0.1, -0.05) is 26.2 Å². The van der Waals surface area contributed by atoms with E-state index in [-0.39, 0.29) is 41.6 Å². The van der Waals surface area contributed by atoms with Crippen LogP contribution in [0.5, 0.6) is 0 Å². The Balaban J connectivity index is 0. The molecule has 38 valence electrons. The Morgan fingerprint density at radius 1 is 1.29 bits per heavy atom. The van der Waals surface area contributed by atoms with Gasteiger partial charge < -0.3 is 5.11 Å². The second-order valence-electron chi connectivity index (χ2n) is 2.70. The van der Waals surface area contributed by atoms with Crippen LogP contribution in [0.1, 0.15) is 20.8 Å². The summed E-state index contributed by atoms with van der Waals surface area (Å²) in [7, 11) is 0. The standard InChI is InChI=1S/C5H11O.Na/c1-5(2,3)4-6;/h4H2,1-3H3;/q-1;+1. The van der Waals surface area contributed by atoms with Crippen molar-refractivity contribution in [1.29, 1.82) is 0 Å². The molecule has 0 bridgehead atoms. The number of hydrogen-bond donors (Lipinski definition) is 0. The Morgan fingerprint density at radius 2 is 1.43 bits per heavy atom. The van der Waals surface area contributed by atoms with E-state index in [4.69, 9.17) is 0 Å². The maximum absolute atomic E-state index is 9.95. The predicted octanol–water partition coefficient (Wildman–Crippen LogP) is -2.60. The molecule has 0 aromatic heterocycles. The first-order chi connectivity index (χ1) is 2.56. The van der Waals surface area contributed by atoms with Crippen molar-refractivity contribution in [3.63, 3.8) is 0 Å². The van der Waals surface area contributed by atoms with Gasteiger partial charge in [0.05, 0.1) is 0 Å². The third-order valence-corrected chi connectivity index (χ3v) is 0.433. The van der Waals surface area contributed by atoms with Crippen LogP contribution in [0.4, 0.5) is 0 Å². The van der Waals surface area contributed by atoms with Gasteiger partial charge in [0, 0.05) is 0 Å². The summed E-state index contributed by atoms with van der Waals surface area (Å²) in [5.41, 5.74) is -0.0139. The summed E-state index contributed by atoms with van der Waals surface area (Å²) < 4.78 is 0. The smallest absolute Gasteiger partial charge is 0.854 e. The minimum atomic E-state index is -0.0139. The molecule has 0 aliphatic carbocycles. The van der Waals surface area contributed by atoms with E-state index in [1.54, 1.807) is 0 Å². The van der Waals surface area contributed by atoms with Gasteiger partial charge in [-0.15, -0.1) is 6.61 Å². The Kier molecular flexibility index (Phi) is 6.05. The Morgan fingerprint density at radius 3 is 1.43 bits per heavy atom. The summed E-state index contributed by atoms with van der Waals surface area (Å²) in [6, 6.07) is 0. The maximum Gasteiger partial charge on any atom is 1.00 e. The van der Waals surface area contributed by atoms with Crippen LogP contribution < -0.4 is 34.7 Å². The van der Waals surface area contributed by atoms with Crippen LogP contribution in [0.15, 0.2) is 0 Å². The third-order valence-electron chi connectivity index (χ3n) is 0.433. The molecule has 0 saturated heterocycles. The molecule has 0 aliphatic rings. The SMILES string of the molecule is CC(C)(C)C[O-].[Na+]. The van der Waals surface area contributed by atoms with Gasteiger partial charge >= 0.3 is 29.6 Å². The first-order valence-corrected chi connectivity index (χ1v) is 2.14. The van der Waals surface area contributed by atoms with Gasteiger partial charge in [-0.3, -0.25) is 0 Å². The molecule has 0 N–H and O–H groups in total. The van der Waals surface area contributed by atoms with E-state index < -0.39 is 0 Å². The number of hydrogen-bond acceptors (Lipinski definition) is 1. The van der Waals surface area contributed by atoms with Gasteiger partial charge in [0.15, 0.2) is 0 Å². The molecule has 0 amide bonds. The van der Waals surface area contributed by atoms with Gasteiger partial charge in [0.1, 0.15) is 0 Å². The van der Waals surface area contributed by atoms with Crippen molar-refractivity contribution < 1.29 is 34.7 Å². The van der Waals surface area contributed by atoms with Gasteiger partial charge in [0.25, 0.3) is 0 Å². The molecular formula is C5H11NaO. The van der Waals surface area contributed by atoms with Gasteiger partial charge in [-0.2, -0.15) is 0 Å². The molecule has 0 heterocycles. The molecule has 2 heteroatoms. The summed E-state index contributed by atoms with van der Waals surface area (Å²) in [5.74, 6) is 0. The Bertz CT molecular complexity index is 37.8. The largest absolute Gasteiger partial charge is 1.00 e. The fraction of sp³-hybridized carbons (Fsp3) is 1.00. The fourth-order valence-electron chi connectivity index (χ4n) is 0. The minimum Gasteiger partial charge on any atom is -0.854 e. The monoisotopic (exact) mass is 110 g/mol. The van der Waals surface area contributed by atoms with Crippen molar-refractivity contribution in [2.24, 2.45) is 5.41 Å². The van der Waals surface area contributed by atoms with Crippen LogP contribution >= 0.6 is 0 Å². The second-order valence-corrected chi connectivity index (χ2v) is 2.70. The van der Waals surface area contributed by atoms with E-state index >= 15 is 0 Å². The van der Waals surface area contributed by atoms with E-state index in [9.17, 15) is 5.11 Å². The molecule has 0 fully saturated rings. The molecule has 0 saturated carbocycles. The minimum absolute atomic E-state index is 0. The predicted molar refractivity (Wildman–Crippen MR) is 24.3 cm³/mol. The zero-order valence-electron chi connectivity index (χ0n) is 5.62. The van der Waals surface area contributed by atoms with Crippen molar-refractivity contribution in [3.8, 4) is 0 Å². The van der Waals surface area contributed by atoms with Crippen molar-refractivity contribution in [2.45, 2.75) is 20.8 Å². The molecule has 0 radical (unpaired) electrons. The summed E-state index contributed by atoms with van der Waals surface area (Å²) >= 11 is 0. The summed E-state index contributed by atoms with van der Waals surface area (Å²) in [5, 5.41) is 9.95.